The Balaban J connectivity index is 1.73. The Labute approximate surface area is 181 Å². The average molecular weight is 451 g/mol. The van der Waals surface area contributed by atoms with Crippen LogP contribution in [0, 0.1) is 0 Å². The molecule has 0 spiro atoms. The van der Waals surface area contributed by atoms with Gasteiger partial charge in [0.2, 0.25) is 10.0 Å². The molecule has 0 saturated carbocycles. The van der Waals surface area contributed by atoms with Crippen molar-refractivity contribution in [3.63, 3.8) is 0 Å². The third-order valence-electron chi connectivity index (χ3n) is 4.79. The largest absolute Gasteiger partial charge is 0.449 e. The van der Waals surface area contributed by atoms with Gasteiger partial charge in [0.05, 0.1) is 10.6 Å². The molecule has 0 bridgehead atoms. The van der Waals surface area contributed by atoms with Crippen LogP contribution in [0.2, 0.25) is 5.02 Å². The normalized spacial score (nSPS) is 15.9. The Morgan fingerprint density at radius 3 is 2.40 bits per heavy atom. The molecule has 3 rings (SSSR count). The predicted molar refractivity (Wildman–Crippen MR) is 114 cm³/mol. The second-order valence-corrected chi connectivity index (χ2v) is 9.33. The second-order valence-electron chi connectivity index (χ2n) is 7.01. The summed E-state index contributed by atoms with van der Waals surface area (Å²) in [5.41, 5.74) is 0.584. The third kappa shape index (κ3) is 5.19. The number of amides is 1. The zero-order valence-corrected chi connectivity index (χ0v) is 18.1. The topological polar surface area (TPSA) is 92.8 Å². The predicted octanol–water partition coefficient (Wildman–Crippen LogP) is 3.70. The number of ether oxygens (including phenoxy) is 1. The summed E-state index contributed by atoms with van der Waals surface area (Å²) in [5.74, 6) is -1.30. The van der Waals surface area contributed by atoms with Crippen molar-refractivity contribution in [1.29, 1.82) is 0 Å². The monoisotopic (exact) mass is 450 g/mol. The Hall–Kier alpha value is -2.42. The van der Waals surface area contributed by atoms with Crippen LogP contribution in [0.5, 0.6) is 0 Å². The van der Waals surface area contributed by atoms with Gasteiger partial charge < -0.3 is 10.1 Å². The Morgan fingerprint density at radius 2 is 1.73 bits per heavy atom. The highest BCUT2D eigenvalue weighted by Crippen LogP contribution is 2.28. The van der Waals surface area contributed by atoms with E-state index in [4.69, 9.17) is 16.3 Å². The molecular formula is C21H23ClN2O5S. The fourth-order valence-corrected chi connectivity index (χ4v) is 5.14. The van der Waals surface area contributed by atoms with Crippen LogP contribution < -0.4 is 5.32 Å². The van der Waals surface area contributed by atoms with Crippen LogP contribution in [0.15, 0.2) is 53.4 Å². The van der Waals surface area contributed by atoms with Crippen molar-refractivity contribution < 1.29 is 22.7 Å². The molecule has 2 aromatic rings. The van der Waals surface area contributed by atoms with Gasteiger partial charge in [-0.15, -0.1) is 0 Å². The first-order valence-electron chi connectivity index (χ1n) is 9.65. The van der Waals surface area contributed by atoms with E-state index in [-0.39, 0.29) is 15.5 Å². The van der Waals surface area contributed by atoms with E-state index in [1.54, 1.807) is 24.3 Å². The van der Waals surface area contributed by atoms with E-state index < -0.39 is 28.0 Å². The standard InChI is InChI=1S/C21H23ClN2O5S/c1-15(20(25)23-17-8-4-2-5-9-17)29-21(26)16-10-11-18(22)19(14-16)30(27,28)24-12-6-3-7-13-24/h2,4-5,8-11,14-15H,3,6-7,12-13H2,1H3,(H,23,25). The number of anilines is 1. The molecule has 1 amide bonds. The Morgan fingerprint density at radius 1 is 1.07 bits per heavy atom. The molecule has 1 unspecified atom stereocenters. The molecule has 9 heteroatoms. The summed E-state index contributed by atoms with van der Waals surface area (Å²) < 4.78 is 32.5. The molecule has 1 aliphatic rings. The molecule has 30 heavy (non-hydrogen) atoms. The van der Waals surface area contributed by atoms with Crippen LogP contribution in [0.1, 0.15) is 36.5 Å². The van der Waals surface area contributed by atoms with Crippen molar-refractivity contribution in [2.45, 2.75) is 37.2 Å². The number of piperidine rings is 1. The van der Waals surface area contributed by atoms with E-state index in [1.165, 1.54) is 29.4 Å². The van der Waals surface area contributed by atoms with Crippen molar-refractivity contribution >= 4 is 39.2 Å². The highest BCUT2D eigenvalue weighted by Gasteiger charge is 2.29. The maximum atomic E-state index is 12.9. The zero-order valence-electron chi connectivity index (χ0n) is 16.5. The van der Waals surface area contributed by atoms with E-state index in [0.717, 1.165) is 19.3 Å². The lowest BCUT2D eigenvalue weighted by Gasteiger charge is -2.26. The van der Waals surface area contributed by atoms with Gasteiger partial charge in [-0.1, -0.05) is 36.2 Å². The number of nitrogens with one attached hydrogen (secondary N) is 1. The molecule has 1 heterocycles. The third-order valence-corrected chi connectivity index (χ3v) is 7.17. The van der Waals surface area contributed by atoms with Crippen LogP contribution in [0.25, 0.3) is 0 Å². The number of hydrogen-bond donors (Lipinski definition) is 1. The van der Waals surface area contributed by atoms with Gasteiger partial charge in [0.1, 0.15) is 4.90 Å². The van der Waals surface area contributed by atoms with Gasteiger partial charge in [-0.25, -0.2) is 13.2 Å². The number of rotatable bonds is 6. The molecule has 1 N–H and O–H groups in total. The molecule has 0 aromatic heterocycles. The van der Waals surface area contributed by atoms with E-state index in [0.29, 0.717) is 18.8 Å². The smallest absolute Gasteiger partial charge is 0.338 e. The highest BCUT2D eigenvalue weighted by atomic mass is 35.5. The molecule has 2 aromatic carbocycles. The Kier molecular flexibility index (Phi) is 7.12. The summed E-state index contributed by atoms with van der Waals surface area (Å²) in [6.07, 6.45) is 1.48. The lowest BCUT2D eigenvalue weighted by atomic mass is 10.2. The SMILES string of the molecule is CC(OC(=O)c1ccc(Cl)c(S(=O)(=O)N2CCCCC2)c1)C(=O)Nc1ccccc1. The number of carbonyl (C=O) groups is 2. The van der Waals surface area contributed by atoms with Crippen molar-refractivity contribution in [2.75, 3.05) is 18.4 Å². The minimum absolute atomic E-state index is 0.00865. The minimum Gasteiger partial charge on any atom is -0.449 e. The summed E-state index contributed by atoms with van der Waals surface area (Å²) in [6, 6.07) is 12.7. The number of benzene rings is 2. The summed E-state index contributed by atoms with van der Waals surface area (Å²) in [6.45, 7) is 2.28. The molecule has 0 radical (unpaired) electrons. The number of hydrogen-bond acceptors (Lipinski definition) is 5. The number of carbonyl (C=O) groups excluding carboxylic acids is 2. The lowest BCUT2D eigenvalue weighted by molar-refractivity contribution is -0.123. The van der Waals surface area contributed by atoms with E-state index in [9.17, 15) is 18.0 Å². The van der Waals surface area contributed by atoms with E-state index in [2.05, 4.69) is 5.32 Å². The highest BCUT2D eigenvalue weighted by molar-refractivity contribution is 7.89. The van der Waals surface area contributed by atoms with Crippen LogP contribution in [0.4, 0.5) is 5.69 Å². The van der Waals surface area contributed by atoms with E-state index in [1.807, 2.05) is 6.07 Å². The number of sulfonamides is 1. The van der Waals surface area contributed by atoms with Gasteiger partial charge in [0.15, 0.2) is 6.10 Å². The number of esters is 1. The first kappa shape index (κ1) is 22.3. The second kappa shape index (κ2) is 9.59. The first-order valence-corrected chi connectivity index (χ1v) is 11.5. The van der Waals surface area contributed by atoms with Crippen molar-refractivity contribution in [3.8, 4) is 0 Å². The van der Waals surface area contributed by atoms with Crippen molar-refractivity contribution in [3.05, 3.63) is 59.1 Å². The van der Waals surface area contributed by atoms with E-state index >= 15 is 0 Å². The summed E-state index contributed by atoms with van der Waals surface area (Å²) in [4.78, 5) is 24.6. The minimum atomic E-state index is -3.82. The number of nitrogens with zero attached hydrogens (tertiary/aromatic N) is 1. The molecule has 0 aliphatic carbocycles. The zero-order chi connectivity index (χ0) is 21.7. The van der Waals surface area contributed by atoms with Crippen LogP contribution >= 0.6 is 11.6 Å². The van der Waals surface area contributed by atoms with Gasteiger partial charge in [0.25, 0.3) is 5.91 Å². The molecule has 1 saturated heterocycles. The maximum Gasteiger partial charge on any atom is 0.338 e. The van der Waals surface area contributed by atoms with Gasteiger partial charge in [0, 0.05) is 18.8 Å². The first-order chi connectivity index (χ1) is 14.3. The summed E-state index contributed by atoms with van der Waals surface area (Å²) in [5, 5.41) is 2.68. The Bertz CT molecular complexity index is 1020. The fourth-order valence-electron chi connectivity index (χ4n) is 3.12. The average Bonchev–Trinajstić information content (AvgIpc) is 2.75. The van der Waals surface area contributed by atoms with Gasteiger partial charge in [-0.05, 0) is 50.1 Å². The molecule has 1 atom stereocenters. The molecular weight excluding hydrogens is 428 g/mol. The number of para-hydroxylation sites is 1. The summed E-state index contributed by atoms with van der Waals surface area (Å²) in [7, 11) is -3.82. The van der Waals surface area contributed by atoms with Crippen LogP contribution in [0.3, 0.4) is 0 Å². The molecule has 1 fully saturated rings. The summed E-state index contributed by atoms with van der Waals surface area (Å²) >= 11 is 6.13. The molecule has 1 aliphatic heterocycles. The molecule has 160 valence electrons. The maximum absolute atomic E-state index is 12.9. The van der Waals surface area contributed by atoms with Gasteiger partial charge in [-0.2, -0.15) is 4.31 Å². The number of halogens is 1. The van der Waals surface area contributed by atoms with Crippen LogP contribution in [-0.4, -0.2) is 43.8 Å². The van der Waals surface area contributed by atoms with Crippen LogP contribution in [-0.2, 0) is 19.6 Å². The fraction of sp³-hybridized carbons (Fsp3) is 0.333. The lowest BCUT2D eigenvalue weighted by Crippen LogP contribution is -2.36. The van der Waals surface area contributed by atoms with Crippen molar-refractivity contribution in [1.82, 2.24) is 4.31 Å². The molecule has 7 nitrogen and oxygen atoms in total. The quantitative estimate of drug-likeness (QED) is 0.677. The van der Waals surface area contributed by atoms with Crippen molar-refractivity contribution in [2.24, 2.45) is 0 Å². The van der Waals surface area contributed by atoms with Gasteiger partial charge in [-0.3, -0.25) is 4.79 Å². The van der Waals surface area contributed by atoms with Gasteiger partial charge >= 0.3 is 5.97 Å².